The van der Waals surface area contributed by atoms with Gasteiger partial charge in [0.05, 0.1) is 5.38 Å². The monoisotopic (exact) mass is 316 g/mol. The Morgan fingerprint density at radius 2 is 1.71 bits per heavy atom. The molecule has 0 bridgehead atoms. The van der Waals surface area contributed by atoms with Crippen LogP contribution in [0.15, 0.2) is 46.9 Å². The zero-order valence-electron chi connectivity index (χ0n) is 8.63. The smallest absolute Gasteiger partial charge is 0.131 e. The highest BCUT2D eigenvalue weighted by Gasteiger charge is 2.17. The standard InChI is InChI=1S/C13H8BrClF2/c14-11-4-2-1-3-9(11)13(15)10-6-5-8(16)7-12(10)17/h1-7,13H. The zero-order chi connectivity index (χ0) is 12.4. The van der Waals surface area contributed by atoms with Crippen LogP contribution in [0, 0.1) is 11.6 Å². The fourth-order valence-electron chi connectivity index (χ4n) is 1.56. The Kier molecular flexibility index (Phi) is 3.79. The van der Waals surface area contributed by atoms with E-state index in [9.17, 15) is 8.78 Å². The molecule has 0 heterocycles. The van der Waals surface area contributed by atoms with E-state index in [1.165, 1.54) is 12.1 Å². The van der Waals surface area contributed by atoms with E-state index in [1.54, 1.807) is 6.07 Å². The Morgan fingerprint density at radius 3 is 2.35 bits per heavy atom. The molecular formula is C13H8BrClF2. The molecule has 88 valence electrons. The van der Waals surface area contributed by atoms with Crippen LogP contribution in [0.25, 0.3) is 0 Å². The highest BCUT2D eigenvalue weighted by molar-refractivity contribution is 9.10. The van der Waals surface area contributed by atoms with Gasteiger partial charge in [0.15, 0.2) is 0 Å². The molecule has 0 fully saturated rings. The van der Waals surface area contributed by atoms with Gasteiger partial charge in [-0.05, 0) is 17.7 Å². The van der Waals surface area contributed by atoms with Crippen LogP contribution in [0.5, 0.6) is 0 Å². The molecule has 0 aliphatic heterocycles. The second-order valence-corrected chi connectivity index (χ2v) is 4.84. The third-order valence-electron chi connectivity index (χ3n) is 2.41. The molecule has 0 spiro atoms. The molecular weight excluding hydrogens is 309 g/mol. The molecule has 0 saturated heterocycles. The molecule has 0 aromatic heterocycles. The van der Waals surface area contributed by atoms with Gasteiger partial charge in [-0.2, -0.15) is 0 Å². The predicted octanol–water partition coefficient (Wildman–Crippen LogP) is 5.06. The van der Waals surface area contributed by atoms with Gasteiger partial charge in [-0.15, -0.1) is 11.6 Å². The molecule has 1 atom stereocenters. The van der Waals surface area contributed by atoms with E-state index >= 15 is 0 Å². The first-order valence-electron chi connectivity index (χ1n) is 4.93. The van der Waals surface area contributed by atoms with Gasteiger partial charge in [0, 0.05) is 16.1 Å². The van der Waals surface area contributed by atoms with Crippen LogP contribution in [-0.4, -0.2) is 0 Å². The van der Waals surface area contributed by atoms with Crippen molar-refractivity contribution in [2.45, 2.75) is 5.38 Å². The van der Waals surface area contributed by atoms with E-state index in [2.05, 4.69) is 15.9 Å². The maximum atomic E-state index is 13.6. The van der Waals surface area contributed by atoms with E-state index in [-0.39, 0.29) is 5.56 Å². The first-order chi connectivity index (χ1) is 8.09. The van der Waals surface area contributed by atoms with Crippen molar-refractivity contribution in [3.05, 3.63) is 69.7 Å². The van der Waals surface area contributed by atoms with Crippen LogP contribution in [0.1, 0.15) is 16.5 Å². The van der Waals surface area contributed by atoms with Gasteiger partial charge in [-0.3, -0.25) is 0 Å². The molecule has 17 heavy (non-hydrogen) atoms. The number of benzene rings is 2. The predicted molar refractivity (Wildman–Crippen MR) is 68.2 cm³/mol. The lowest BCUT2D eigenvalue weighted by Gasteiger charge is -2.13. The van der Waals surface area contributed by atoms with Gasteiger partial charge in [0.25, 0.3) is 0 Å². The van der Waals surface area contributed by atoms with Gasteiger partial charge < -0.3 is 0 Å². The summed E-state index contributed by atoms with van der Waals surface area (Å²) in [6, 6.07) is 10.7. The van der Waals surface area contributed by atoms with Crippen molar-refractivity contribution >= 4 is 27.5 Å². The topological polar surface area (TPSA) is 0 Å². The van der Waals surface area contributed by atoms with E-state index in [1.807, 2.05) is 18.2 Å². The third-order valence-corrected chi connectivity index (χ3v) is 3.61. The lowest BCUT2D eigenvalue weighted by atomic mass is 10.0. The van der Waals surface area contributed by atoms with Crippen molar-refractivity contribution in [1.82, 2.24) is 0 Å². The van der Waals surface area contributed by atoms with Crippen LogP contribution in [0.4, 0.5) is 8.78 Å². The minimum atomic E-state index is -0.647. The lowest BCUT2D eigenvalue weighted by Crippen LogP contribution is -1.98. The van der Waals surface area contributed by atoms with Crippen LogP contribution < -0.4 is 0 Å². The highest BCUT2D eigenvalue weighted by Crippen LogP contribution is 2.34. The molecule has 2 aromatic carbocycles. The Hall–Kier alpha value is -0.930. The SMILES string of the molecule is Fc1ccc(C(Cl)c2ccccc2Br)c(F)c1. The average molecular weight is 318 g/mol. The first-order valence-corrected chi connectivity index (χ1v) is 6.16. The lowest BCUT2D eigenvalue weighted by molar-refractivity contribution is 0.573. The van der Waals surface area contributed by atoms with Crippen molar-refractivity contribution in [2.75, 3.05) is 0 Å². The Bertz CT molecular complexity index is 543. The number of alkyl halides is 1. The molecule has 4 heteroatoms. The van der Waals surface area contributed by atoms with Gasteiger partial charge >= 0.3 is 0 Å². The Labute approximate surface area is 111 Å². The van der Waals surface area contributed by atoms with Crippen LogP contribution in [-0.2, 0) is 0 Å². The van der Waals surface area contributed by atoms with Gasteiger partial charge in [0.1, 0.15) is 11.6 Å². The molecule has 0 aliphatic carbocycles. The molecule has 0 aliphatic rings. The second kappa shape index (κ2) is 5.15. The summed E-state index contributed by atoms with van der Waals surface area (Å²) in [6.45, 7) is 0. The van der Waals surface area contributed by atoms with Crippen LogP contribution >= 0.6 is 27.5 Å². The number of hydrogen-bond acceptors (Lipinski definition) is 0. The first kappa shape index (κ1) is 12.5. The summed E-state index contributed by atoms with van der Waals surface area (Å²) in [5.41, 5.74) is 1.01. The molecule has 0 N–H and O–H groups in total. The molecule has 0 amide bonds. The summed E-state index contributed by atoms with van der Waals surface area (Å²) < 4.78 is 27.2. The molecule has 2 rings (SSSR count). The molecule has 0 radical (unpaired) electrons. The van der Waals surface area contributed by atoms with Crippen LogP contribution in [0.3, 0.4) is 0 Å². The van der Waals surface area contributed by atoms with Crippen molar-refractivity contribution in [1.29, 1.82) is 0 Å². The fraction of sp³-hybridized carbons (Fsp3) is 0.0769. The largest absolute Gasteiger partial charge is 0.207 e. The van der Waals surface area contributed by atoms with Gasteiger partial charge in [-0.25, -0.2) is 8.78 Å². The molecule has 2 aromatic rings. The summed E-state index contributed by atoms with van der Waals surface area (Å²) in [4.78, 5) is 0. The van der Waals surface area contributed by atoms with Crippen molar-refractivity contribution in [3.63, 3.8) is 0 Å². The minimum Gasteiger partial charge on any atom is -0.207 e. The van der Waals surface area contributed by atoms with Crippen molar-refractivity contribution < 1.29 is 8.78 Å². The van der Waals surface area contributed by atoms with Crippen molar-refractivity contribution in [2.24, 2.45) is 0 Å². The van der Waals surface area contributed by atoms with Crippen LogP contribution in [0.2, 0.25) is 0 Å². The maximum Gasteiger partial charge on any atom is 0.131 e. The molecule has 0 nitrogen and oxygen atoms in total. The van der Waals surface area contributed by atoms with Gasteiger partial charge in [0.2, 0.25) is 0 Å². The third kappa shape index (κ3) is 2.67. The van der Waals surface area contributed by atoms with Gasteiger partial charge in [-0.1, -0.05) is 40.2 Å². The fourth-order valence-corrected chi connectivity index (χ4v) is 2.57. The van der Waals surface area contributed by atoms with E-state index in [0.717, 1.165) is 16.1 Å². The zero-order valence-corrected chi connectivity index (χ0v) is 11.0. The Balaban J connectivity index is 2.44. The minimum absolute atomic E-state index is 0.264. The number of rotatable bonds is 2. The normalized spacial score (nSPS) is 12.5. The Morgan fingerprint density at radius 1 is 1.00 bits per heavy atom. The summed E-state index contributed by atoms with van der Waals surface area (Å²) >= 11 is 9.55. The number of hydrogen-bond donors (Lipinski definition) is 0. The van der Waals surface area contributed by atoms with E-state index in [4.69, 9.17) is 11.6 Å². The highest BCUT2D eigenvalue weighted by atomic mass is 79.9. The summed E-state index contributed by atoms with van der Waals surface area (Å²) in [7, 11) is 0. The summed E-state index contributed by atoms with van der Waals surface area (Å²) in [6.07, 6.45) is 0. The number of halogens is 4. The maximum absolute atomic E-state index is 13.6. The molecule has 1 unspecified atom stereocenters. The van der Waals surface area contributed by atoms with Crippen molar-refractivity contribution in [3.8, 4) is 0 Å². The second-order valence-electron chi connectivity index (χ2n) is 3.55. The summed E-state index contributed by atoms with van der Waals surface area (Å²) in [5.74, 6) is -1.25. The van der Waals surface area contributed by atoms with E-state index in [0.29, 0.717) is 0 Å². The van der Waals surface area contributed by atoms with E-state index < -0.39 is 17.0 Å². The quantitative estimate of drug-likeness (QED) is 0.680. The summed E-state index contributed by atoms with van der Waals surface area (Å²) in [5, 5.41) is -0.647. The molecule has 0 saturated carbocycles. The average Bonchev–Trinajstić information content (AvgIpc) is 2.29.